The number of halogens is 1. The fraction of sp³-hybridized carbons (Fsp3) is 0.143. The van der Waals surface area contributed by atoms with Crippen LogP contribution in [0.5, 0.6) is 0 Å². The zero-order valence-corrected chi connectivity index (χ0v) is 7.89. The molecule has 0 amide bonds. The van der Waals surface area contributed by atoms with Gasteiger partial charge in [-0.15, -0.1) is 12.6 Å². The Hall–Kier alpha value is -0.740. The molecule has 0 heterocycles. The van der Waals surface area contributed by atoms with Gasteiger partial charge in [0, 0.05) is 10.5 Å². The Labute approximate surface area is 79.9 Å². The molecular weight excluding hydrogens is 198 g/mol. The number of nitro groups is 1. The Morgan fingerprint density at radius 1 is 1.58 bits per heavy atom. The lowest BCUT2D eigenvalue weighted by Crippen LogP contribution is -1.92. The standard InChI is InChI=1S/C7H6ClNO2S/c1-4-2-5(12)3-6(8)7(4)9(10)11/h2-3,12H,1H3. The first-order valence-corrected chi connectivity index (χ1v) is 3.98. The first-order valence-electron chi connectivity index (χ1n) is 3.16. The highest BCUT2D eigenvalue weighted by Gasteiger charge is 2.15. The second kappa shape index (κ2) is 3.33. The summed E-state index contributed by atoms with van der Waals surface area (Å²) in [4.78, 5) is 10.6. The molecule has 0 saturated carbocycles. The minimum atomic E-state index is -0.495. The highest BCUT2D eigenvalue weighted by atomic mass is 35.5. The van der Waals surface area contributed by atoms with Crippen molar-refractivity contribution in [2.24, 2.45) is 0 Å². The molecule has 0 aliphatic rings. The maximum Gasteiger partial charge on any atom is 0.290 e. The highest BCUT2D eigenvalue weighted by Crippen LogP contribution is 2.30. The molecule has 64 valence electrons. The van der Waals surface area contributed by atoms with Crippen LogP contribution in [-0.4, -0.2) is 4.92 Å². The minimum Gasteiger partial charge on any atom is -0.258 e. The molecule has 0 fully saturated rings. The van der Waals surface area contributed by atoms with Crippen molar-refractivity contribution < 1.29 is 4.92 Å². The first kappa shape index (κ1) is 9.35. The fourth-order valence-corrected chi connectivity index (χ4v) is 1.68. The van der Waals surface area contributed by atoms with E-state index >= 15 is 0 Å². The van der Waals surface area contributed by atoms with Crippen molar-refractivity contribution >= 4 is 29.9 Å². The summed E-state index contributed by atoms with van der Waals surface area (Å²) < 4.78 is 0. The van der Waals surface area contributed by atoms with Crippen molar-refractivity contribution in [3.63, 3.8) is 0 Å². The minimum absolute atomic E-state index is 0.0468. The topological polar surface area (TPSA) is 43.1 Å². The Kier molecular flexibility index (Phi) is 2.59. The van der Waals surface area contributed by atoms with Crippen molar-refractivity contribution in [1.29, 1.82) is 0 Å². The number of hydrogen-bond acceptors (Lipinski definition) is 3. The lowest BCUT2D eigenvalue weighted by Gasteiger charge is -1.99. The summed E-state index contributed by atoms with van der Waals surface area (Å²) in [5.41, 5.74) is 0.479. The van der Waals surface area contributed by atoms with Gasteiger partial charge in [-0.2, -0.15) is 0 Å². The first-order chi connectivity index (χ1) is 5.52. The molecule has 0 saturated heterocycles. The van der Waals surface area contributed by atoms with E-state index in [-0.39, 0.29) is 10.7 Å². The lowest BCUT2D eigenvalue weighted by molar-refractivity contribution is -0.385. The van der Waals surface area contributed by atoms with Gasteiger partial charge >= 0.3 is 0 Å². The number of nitrogens with zero attached hydrogens (tertiary/aromatic N) is 1. The zero-order valence-electron chi connectivity index (χ0n) is 6.24. The van der Waals surface area contributed by atoms with Crippen molar-refractivity contribution in [2.75, 3.05) is 0 Å². The molecule has 0 unspecified atom stereocenters. The average molecular weight is 204 g/mol. The molecule has 3 nitrogen and oxygen atoms in total. The Bertz CT molecular complexity index is 317. The Morgan fingerprint density at radius 2 is 2.17 bits per heavy atom. The highest BCUT2D eigenvalue weighted by molar-refractivity contribution is 7.80. The molecule has 0 radical (unpaired) electrons. The van der Waals surface area contributed by atoms with Gasteiger partial charge in [0.1, 0.15) is 5.02 Å². The van der Waals surface area contributed by atoms with E-state index in [2.05, 4.69) is 12.6 Å². The summed E-state index contributed by atoms with van der Waals surface area (Å²) in [6, 6.07) is 3.06. The van der Waals surface area contributed by atoms with Gasteiger partial charge in [0.05, 0.1) is 4.92 Å². The molecule has 0 aromatic heterocycles. The van der Waals surface area contributed by atoms with E-state index in [0.29, 0.717) is 10.5 Å². The normalized spacial score (nSPS) is 9.92. The van der Waals surface area contributed by atoms with Crippen LogP contribution >= 0.6 is 24.2 Å². The number of rotatable bonds is 1. The van der Waals surface area contributed by atoms with Crippen molar-refractivity contribution in [1.82, 2.24) is 0 Å². The molecule has 0 bridgehead atoms. The molecule has 5 heteroatoms. The molecule has 0 atom stereocenters. The molecule has 1 rings (SSSR count). The Balaban J connectivity index is 3.38. The predicted molar refractivity (Wildman–Crippen MR) is 50.1 cm³/mol. The monoisotopic (exact) mass is 203 g/mol. The molecule has 1 aromatic carbocycles. The van der Waals surface area contributed by atoms with Crippen LogP contribution in [0.2, 0.25) is 5.02 Å². The lowest BCUT2D eigenvalue weighted by atomic mass is 10.2. The maximum atomic E-state index is 10.5. The van der Waals surface area contributed by atoms with Crippen LogP contribution in [0.4, 0.5) is 5.69 Å². The van der Waals surface area contributed by atoms with E-state index in [9.17, 15) is 10.1 Å². The van der Waals surface area contributed by atoms with Crippen LogP contribution in [-0.2, 0) is 0 Å². The molecule has 0 N–H and O–H groups in total. The largest absolute Gasteiger partial charge is 0.290 e. The molecule has 12 heavy (non-hydrogen) atoms. The van der Waals surface area contributed by atoms with Crippen LogP contribution in [0.25, 0.3) is 0 Å². The smallest absolute Gasteiger partial charge is 0.258 e. The number of aryl methyl sites for hydroxylation is 1. The quantitative estimate of drug-likeness (QED) is 0.433. The van der Waals surface area contributed by atoms with Crippen molar-refractivity contribution in [3.05, 3.63) is 32.8 Å². The van der Waals surface area contributed by atoms with Gasteiger partial charge in [-0.3, -0.25) is 10.1 Å². The van der Waals surface area contributed by atoms with Crippen LogP contribution in [0, 0.1) is 17.0 Å². The third-order valence-electron chi connectivity index (χ3n) is 1.42. The summed E-state index contributed by atoms with van der Waals surface area (Å²) in [5.74, 6) is 0. The second-order valence-corrected chi connectivity index (χ2v) is 3.27. The van der Waals surface area contributed by atoms with Gasteiger partial charge in [0.15, 0.2) is 0 Å². The van der Waals surface area contributed by atoms with Crippen molar-refractivity contribution in [2.45, 2.75) is 11.8 Å². The van der Waals surface area contributed by atoms with Crippen LogP contribution in [0.15, 0.2) is 17.0 Å². The van der Waals surface area contributed by atoms with Crippen LogP contribution < -0.4 is 0 Å². The molecule has 0 aliphatic carbocycles. The fourth-order valence-electron chi connectivity index (χ4n) is 0.950. The molecule has 0 spiro atoms. The van der Waals surface area contributed by atoms with Gasteiger partial charge in [-0.1, -0.05) is 11.6 Å². The van der Waals surface area contributed by atoms with Gasteiger partial charge < -0.3 is 0 Å². The SMILES string of the molecule is Cc1cc(S)cc(Cl)c1[N+](=O)[O-]. The number of thiol groups is 1. The van der Waals surface area contributed by atoms with E-state index in [1.807, 2.05) is 0 Å². The third-order valence-corrected chi connectivity index (χ3v) is 1.97. The number of nitro benzene ring substituents is 1. The molecule has 1 aromatic rings. The summed E-state index contributed by atoms with van der Waals surface area (Å²) in [6.45, 7) is 1.63. The van der Waals surface area contributed by atoms with Crippen LogP contribution in [0.3, 0.4) is 0 Å². The summed E-state index contributed by atoms with van der Waals surface area (Å²) in [7, 11) is 0. The van der Waals surface area contributed by atoms with Gasteiger partial charge in [0.2, 0.25) is 0 Å². The maximum absolute atomic E-state index is 10.5. The number of benzene rings is 1. The Morgan fingerprint density at radius 3 is 2.58 bits per heavy atom. The van der Waals surface area contributed by atoms with E-state index in [0.717, 1.165) is 0 Å². The summed E-state index contributed by atoms with van der Waals surface area (Å²) in [5, 5.41) is 10.6. The average Bonchev–Trinajstić information content (AvgIpc) is 1.82. The van der Waals surface area contributed by atoms with Gasteiger partial charge in [-0.05, 0) is 19.1 Å². The second-order valence-electron chi connectivity index (χ2n) is 2.35. The van der Waals surface area contributed by atoms with E-state index in [1.54, 1.807) is 13.0 Å². The van der Waals surface area contributed by atoms with E-state index in [1.165, 1.54) is 6.07 Å². The third kappa shape index (κ3) is 1.70. The zero-order chi connectivity index (χ0) is 9.30. The van der Waals surface area contributed by atoms with Crippen LogP contribution in [0.1, 0.15) is 5.56 Å². The number of hydrogen-bond donors (Lipinski definition) is 1. The summed E-state index contributed by atoms with van der Waals surface area (Å²) in [6.07, 6.45) is 0. The predicted octanol–water partition coefficient (Wildman–Crippen LogP) is 2.85. The van der Waals surface area contributed by atoms with Gasteiger partial charge in [0.25, 0.3) is 5.69 Å². The van der Waals surface area contributed by atoms with E-state index < -0.39 is 4.92 Å². The summed E-state index contributed by atoms with van der Waals surface area (Å²) >= 11 is 9.67. The van der Waals surface area contributed by atoms with E-state index in [4.69, 9.17) is 11.6 Å². The van der Waals surface area contributed by atoms with Crippen molar-refractivity contribution in [3.8, 4) is 0 Å². The molecule has 0 aliphatic heterocycles. The van der Waals surface area contributed by atoms with Gasteiger partial charge in [-0.25, -0.2) is 0 Å². The molecular formula is C7H6ClNO2S.